The summed E-state index contributed by atoms with van der Waals surface area (Å²) < 4.78 is 0. The van der Waals surface area contributed by atoms with Crippen molar-refractivity contribution in [3.05, 3.63) is 54.4 Å². The van der Waals surface area contributed by atoms with Crippen molar-refractivity contribution in [3.63, 3.8) is 0 Å². The molecule has 0 unspecified atom stereocenters. The molecule has 0 bridgehead atoms. The van der Waals surface area contributed by atoms with Crippen LogP contribution in [-0.2, 0) is 6.54 Å². The van der Waals surface area contributed by atoms with E-state index in [1.807, 2.05) is 0 Å². The van der Waals surface area contributed by atoms with Gasteiger partial charge in [-0.1, -0.05) is 30.3 Å². The second-order valence-corrected chi connectivity index (χ2v) is 7.52. The summed E-state index contributed by atoms with van der Waals surface area (Å²) in [6.45, 7) is 9.14. The van der Waals surface area contributed by atoms with E-state index in [2.05, 4.69) is 79.4 Å². The fraction of sp³-hybridized carbons (Fsp3) is 0.364. The summed E-state index contributed by atoms with van der Waals surface area (Å²) in [5.74, 6) is 1.06. The standard InChI is InChI=1S/C22H26N6/c1-2-27-16-25-20-12-18-19(13-21(20)27)23-15-24-22(18)28-10-8-26(9-11-28)14-17-6-4-3-5-7-17/h3-7,12-13,15,25H,2,8-11,14,16H2,1H3. The van der Waals surface area contributed by atoms with Gasteiger partial charge in [0, 0.05) is 44.7 Å². The van der Waals surface area contributed by atoms with Crippen molar-refractivity contribution >= 4 is 28.1 Å². The average molecular weight is 374 g/mol. The Kier molecular flexibility index (Phi) is 4.49. The van der Waals surface area contributed by atoms with Crippen LogP contribution in [0.15, 0.2) is 48.8 Å². The minimum absolute atomic E-state index is 0.864. The number of aromatic nitrogens is 2. The summed E-state index contributed by atoms with van der Waals surface area (Å²) in [7, 11) is 0. The molecular formula is C22H26N6. The predicted octanol–water partition coefficient (Wildman–Crippen LogP) is 3.16. The maximum absolute atomic E-state index is 4.66. The first-order valence-corrected chi connectivity index (χ1v) is 10.1. The van der Waals surface area contributed by atoms with Crippen molar-refractivity contribution < 1.29 is 0 Å². The molecule has 1 aromatic heterocycles. The van der Waals surface area contributed by atoms with E-state index in [9.17, 15) is 0 Å². The minimum atomic E-state index is 0.864. The second-order valence-electron chi connectivity index (χ2n) is 7.52. The van der Waals surface area contributed by atoms with Gasteiger partial charge in [0.15, 0.2) is 0 Å². The largest absolute Gasteiger partial charge is 0.366 e. The van der Waals surface area contributed by atoms with E-state index in [4.69, 9.17) is 0 Å². The molecule has 1 fully saturated rings. The van der Waals surface area contributed by atoms with Gasteiger partial charge in [-0.05, 0) is 24.6 Å². The third-order valence-corrected chi connectivity index (χ3v) is 5.84. The Bertz CT molecular complexity index is 965. The lowest BCUT2D eigenvalue weighted by molar-refractivity contribution is 0.249. The van der Waals surface area contributed by atoms with E-state index >= 15 is 0 Å². The third-order valence-electron chi connectivity index (χ3n) is 5.84. The summed E-state index contributed by atoms with van der Waals surface area (Å²) in [6, 6.07) is 15.1. The van der Waals surface area contributed by atoms with Gasteiger partial charge in [-0.3, -0.25) is 4.90 Å². The van der Waals surface area contributed by atoms with E-state index in [1.165, 1.54) is 16.9 Å². The maximum Gasteiger partial charge on any atom is 0.140 e. The monoisotopic (exact) mass is 374 g/mol. The van der Waals surface area contributed by atoms with Gasteiger partial charge >= 0.3 is 0 Å². The molecule has 0 aliphatic carbocycles. The molecule has 0 saturated carbocycles. The number of fused-ring (bicyclic) bond motifs is 2. The lowest BCUT2D eigenvalue weighted by atomic mass is 10.1. The van der Waals surface area contributed by atoms with Crippen LogP contribution < -0.4 is 15.1 Å². The SMILES string of the molecule is CCN1CNc2cc3c(N4CCN(Cc5ccccc5)CC4)ncnc3cc21. The molecule has 2 aliphatic rings. The van der Waals surface area contributed by atoms with Crippen molar-refractivity contribution in [2.24, 2.45) is 0 Å². The number of hydrogen-bond acceptors (Lipinski definition) is 6. The van der Waals surface area contributed by atoms with Gasteiger partial charge < -0.3 is 15.1 Å². The van der Waals surface area contributed by atoms with Gasteiger partial charge in [0.25, 0.3) is 0 Å². The number of anilines is 3. The van der Waals surface area contributed by atoms with Crippen LogP contribution in [0.4, 0.5) is 17.2 Å². The van der Waals surface area contributed by atoms with Crippen LogP contribution >= 0.6 is 0 Å². The van der Waals surface area contributed by atoms with E-state index in [0.29, 0.717) is 0 Å². The Labute approximate surface area is 165 Å². The van der Waals surface area contributed by atoms with Gasteiger partial charge in [-0.2, -0.15) is 0 Å². The summed E-state index contributed by atoms with van der Waals surface area (Å²) in [5.41, 5.74) is 4.84. The van der Waals surface area contributed by atoms with Crippen molar-refractivity contribution in [2.45, 2.75) is 13.5 Å². The highest BCUT2D eigenvalue weighted by Crippen LogP contribution is 2.37. The number of piperazine rings is 1. The molecule has 6 nitrogen and oxygen atoms in total. The zero-order valence-corrected chi connectivity index (χ0v) is 16.3. The van der Waals surface area contributed by atoms with Crippen LogP contribution in [0.25, 0.3) is 10.9 Å². The molecule has 0 spiro atoms. The molecule has 3 heterocycles. The highest BCUT2D eigenvalue weighted by atomic mass is 15.3. The Morgan fingerprint density at radius 1 is 1.00 bits per heavy atom. The van der Waals surface area contributed by atoms with Crippen molar-refractivity contribution in [2.75, 3.05) is 54.5 Å². The summed E-state index contributed by atoms with van der Waals surface area (Å²) in [4.78, 5) is 16.5. The Morgan fingerprint density at radius 3 is 2.61 bits per heavy atom. The zero-order chi connectivity index (χ0) is 18.9. The van der Waals surface area contributed by atoms with Crippen molar-refractivity contribution in [3.8, 4) is 0 Å². The molecule has 3 aromatic rings. The number of benzene rings is 2. The van der Waals surface area contributed by atoms with Gasteiger partial charge in [-0.25, -0.2) is 9.97 Å². The number of nitrogens with one attached hydrogen (secondary N) is 1. The smallest absolute Gasteiger partial charge is 0.140 e. The summed E-state index contributed by atoms with van der Waals surface area (Å²) in [6.07, 6.45) is 1.71. The Morgan fingerprint density at radius 2 is 1.82 bits per heavy atom. The fourth-order valence-electron chi connectivity index (χ4n) is 4.24. The van der Waals surface area contributed by atoms with E-state index in [1.54, 1.807) is 6.33 Å². The first kappa shape index (κ1) is 17.3. The molecule has 0 atom stereocenters. The molecule has 0 radical (unpaired) electrons. The normalized spacial score (nSPS) is 17.0. The number of rotatable bonds is 4. The highest BCUT2D eigenvalue weighted by Gasteiger charge is 2.23. The van der Waals surface area contributed by atoms with Crippen LogP contribution in [0.3, 0.4) is 0 Å². The second kappa shape index (κ2) is 7.28. The van der Waals surface area contributed by atoms with Gasteiger partial charge in [-0.15, -0.1) is 0 Å². The van der Waals surface area contributed by atoms with Crippen molar-refractivity contribution in [1.82, 2.24) is 14.9 Å². The molecule has 1 saturated heterocycles. The zero-order valence-electron chi connectivity index (χ0n) is 16.3. The molecule has 5 rings (SSSR count). The molecule has 1 N–H and O–H groups in total. The van der Waals surface area contributed by atoms with Crippen LogP contribution in [-0.4, -0.2) is 54.3 Å². The van der Waals surface area contributed by atoms with Crippen LogP contribution in [0.5, 0.6) is 0 Å². The van der Waals surface area contributed by atoms with E-state index in [-0.39, 0.29) is 0 Å². The fourth-order valence-corrected chi connectivity index (χ4v) is 4.24. The minimum Gasteiger partial charge on any atom is -0.366 e. The van der Waals surface area contributed by atoms with Gasteiger partial charge in [0.1, 0.15) is 12.1 Å². The number of nitrogens with zero attached hydrogens (tertiary/aromatic N) is 5. The van der Waals surface area contributed by atoms with Gasteiger partial charge in [0.2, 0.25) is 0 Å². The molecular weight excluding hydrogens is 348 g/mol. The molecule has 0 amide bonds. The average Bonchev–Trinajstić information content (AvgIpc) is 3.15. The first-order chi connectivity index (χ1) is 13.8. The van der Waals surface area contributed by atoms with Crippen molar-refractivity contribution in [1.29, 1.82) is 0 Å². The number of hydrogen-bond donors (Lipinski definition) is 1. The summed E-state index contributed by atoms with van der Waals surface area (Å²) in [5, 5.41) is 4.64. The lowest BCUT2D eigenvalue weighted by Gasteiger charge is -2.35. The molecule has 144 valence electrons. The molecule has 2 aliphatic heterocycles. The quantitative estimate of drug-likeness (QED) is 0.757. The van der Waals surface area contributed by atoms with Gasteiger partial charge in [0.05, 0.1) is 23.6 Å². The van der Waals surface area contributed by atoms with E-state index < -0.39 is 0 Å². The van der Waals surface area contributed by atoms with Crippen LogP contribution in [0.2, 0.25) is 0 Å². The molecule has 2 aromatic carbocycles. The predicted molar refractivity (Wildman–Crippen MR) is 115 cm³/mol. The summed E-state index contributed by atoms with van der Waals surface area (Å²) >= 11 is 0. The Balaban J connectivity index is 1.36. The molecule has 6 heteroatoms. The third kappa shape index (κ3) is 3.14. The topological polar surface area (TPSA) is 47.5 Å². The highest BCUT2D eigenvalue weighted by molar-refractivity contribution is 5.97. The lowest BCUT2D eigenvalue weighted by Crippen LogP contribution is -2.46. The van der Waals surface area contributed by atoms with Crippen LogP contribution in [0.1, 0.15) is 12.5 Å². The van der Waals surface area contributed by atoms with Crippen LogP contribution in [0, 0.1) is 0 Å². The first-order valence-electron chi connectivity index (χ1n) is 10.1. The Hall–Kier alpha value is -2.86. The maximum atomic E-state index is 4.66. The van der Waals surface area contributed by atoms with E-state index in [0.717, 1.165) is 62.7 Å². The molecule has 28 heavy (non-hydrogen) atoms.